The van der Waals surface area contributed by atoms with E-state index in [1.807, 2.05) is 0 Å². The third-order valence-electron chi connectivity index (χ3n) is 10.6. The van der Waals surface area contributed by atoms with Crippen molar-refractivity contribution >= 4 is 5.96 Å². The molecule has 0 aromatic carbocycles. The average Bonchev–Trinajstić information content (AvgIpc) is 3.33. The molecule has 0 amide bonds. The molecule has 9 atom stereocenters. The van der Waals surface area contributed by atoms with Crippen molar-refractivity contribution in [3.63, 3.8) is 0 Å². The van der Waals surface area contributed by atoms with Gasteiger partial charge in [-0.15, -0.1) is 0 Å². The van der Waals surface area contributed by atoms with Crippen molar-refractivity contribution in [2.24, 2.45) is 39.5 Å². The fourth-order valence-electron chi connectivity index (χ4n) is 8.81. The van der Waals surface area contributed by atoms with E-state index in [0.717, 1.165) is 64.0 Å². The Morgan fingerprint density at radius 2 is 1.90 bits per heavy atom. The molecule has 1 unspecified atom stereocenters. The van der Waals surface area contributed by atoms with Crippen LogP contribution in [0.2, 0.25) is 0 Å². The van der Waals surface area contributed by atoms with Crippen LogP contribution in [0.4, 0.5) is 0 Å². The molecule has 5 N–H and O–H groups in total. The standard InChI is InChI=1S/C24H42N4O2/c1-15(27-28-21-25-12-13-26-21)18-8-11-24(30)20-5-4-16-14-17(29)6-9-22(16,2)19(20)7-10-23(18,24)3/h15-20,27,29-30H,4-14H2,1-3H3,(H2,25,26,28)/t15?,16-,17+,18-,19+,20-,22+,23-,24+/m1/s1. The van der Waals surface area contributed by atoms with Gasteiger partial charge in [-0.3, -0.25) is 10.4 Å². The summed E-state index contributed by atoms with van der Waals surface area (Å²) in [5.41, 5.74) is 6.47. The second kappa shape index (κ2) is 7.35. The van der Waals surface area contributed by atoms with Crippen LogP contribution >= 0.6 is 0 Å². The van der Waals surface area contributed by atoms with Crippen LogP contribution in [0.1, 0.15) is 78.6 Å². The number of nitrogens with one attached hydrogen (secondary N) is 3. The summed E-state index contributed by atoms with van der Waals surface area (Å²) in [6.45, 7) is 8.86. The van der Waals surface area contributed by atoms with Crippen LogP contribution in [0.25, 0.3) is 0 Å². The van der Waals surface area contributed by atoms with Crippen LogP contribution in [0.15, 0.2) is 4.99 Å². The van der Waals surface area contributed by atoms with E-state index in [4.69, 9.17) is 0 Å². The lowest BCUT2D eigenvalue weighted by molar-refractivity contribution is -0.211. The van der Waals surface area contributed by atoms with Crippen molar-refractivity contribution in [2.75, 3.05) is 13.1 Å². The van der Waals surface area contributed by atoms with Gasteiger partial charge in [0.2, 0.25) is 5.96 Å². The Balaban J connectivity index is 1.34. The van der Waals surface area contributed by atoms with Crippen molar-refractivity contribution in [3.05, 3.63) is 0 Å². The van der Waals surface area contributed by atoms with Crippen molar-refractivity contribution in [1.82, 2.24) is 16.2 Å². The second-order valence-electron chi connectivity index (χ2n) is 11.7. The number of guanidine groups is 1. The predicted molar refractivity (Wildman–Crippen MR) is 119 cm³/mol. The van der Waals surface area contributed by atoms with Crippen molar-refractivity contribution < 1.29 is 10.2 Å². The Bertz CT molecular complexity index is 701. The van der Waals surface area contributed by atoms with Gasteiger partial charge in [-0.25, -0.2) is 5.43 Å². The maximum absolute atomic E-state index is 12.3. The Morgan fingerprint density at radius 3 is 2.67 bits per heavy atom. The number of aliphatic hydroxyl groups is 2. The lowest BCUT2D eigenvalue weighted by atomic mass is 9.43. The summed E-state index contributed by atoms with van der Waals surface area (Å²) >= 11 is 0. The van der Waals surface area contributed by atoms with Crippen LogP contribution in [0.3, 0.4) is 0 Å². The summed E-state index contributed by atoms with van der Waals surface area (Å²) < 4.78 is 0. The van der Waals surface area contributed by atoms with Crippen molar-refractivity contribution in [2.45, 2.75) is 96.3 Å². The van der Waals surface area contributed by atoms with Gasteiger partial charge in [0, 0.05) is 18.0 Å². The number of fused-ring (bicyclic) bond motifs is 5. The van der Waals surface area contributed by atoms with Gasteiger partial charge in [-0.2, -0.15) is 0 Å². The Labute approximate surface area is 181 Å². The van der Waals surface area contributed by atoms with E-state index < -0.39 is 5.60 Å². The van der Waals surface area contributed by atoms with E-state index >= 15 is 0 Å². The monoisotopic (exact) mass is 418 g/mol. The zero-order chi connectivity index (χ0) is 21.1. The fraction of sp³-hybridized carbons (Fsp3) is 0.958. The molecule has 5 rings (SSSR count). The smallest absolute Gasteiger partial charge is 0.206 e. The van der Waals surface area contributed by atoms with Gasteiger partial charge in [0.05, 0.1) is 18.2 Å². The van der Waals surface area contributed by atoms with Gasteiger partial charge in [-0.05, 0) is 93.8 Å². The van der Waals surface area contributed by atoms with Crippen LogP contribution in [0, 0.1) is 34.5 Å². The number of nitrogens with zero attached hydrogens (tertiary/aromatic N) is 1. The zero-order valence-electron chi connectivity index (χ0n) is 19.1. The molecule has 6 heteroatoms. The minimum Gasteiger partial charge on any atom is -0.393 e. The molecule has 0 aromatic rings. The summed E-state index contributed by atoms with van der Waals surface area (Å²) in [5, 5.41) is 25.8. The molecule has 4 saturated carbocycles. The first-order valence-electron chi connectivity index (χ1n) is 12.5. The molecule has 170 valence electrons. The molecule has 4 aliphatic carbocycles. The summed E-state index contributed by atoms with van der Waals surface area (Å²) in [6.07, 6.45) is 9.63. The van der Waals surface area contributed by atoms with Crippen LogP contribution in [0.5, 0.6) is 0 Å². The highest BCUT2D eigenvalue weighted by atomic mass is 16.3. The molecule has 30 heavy (non-hydrogen) atoms. The Hall–Kier alpha value is -0.850. The highest BCUT2D eigenvalue weighted by Gasteiger charge is 2.67. The van der Waals surface area contributed by atoms with E-state index in [1.54, 1.807) is 0 Å². The normalized spacial score (nSPS) is 51.2. The summed E-state index contributed by atoms with van der Waals surface area (Å²) in [4.78, 5) is 4.42. The molecule has 0 aromatic heterocycles. The first-order valence-corrected chi connectivity index (χ1v) is 12.5. The molecule has 0 radical (unpaired) electrons. The third-order valence-corrected chi connectivity index (χ3v) is 10.6. The average molecular weight is 419 g/mol. The molecule has 1 aliphatic heterocycles. The first kappa shape index (κ1) is 21.0. The molecule has 6 nitrogen and oxygen atoms in total. The van der Waals surface area contributed by atoms with E-state index in [9.17, 15) is 10.2 Å². The van der Waals surface area contributed by atoms with Gasteiger partial charge >= 0.3 is 0 Å². The fourth-order valence-corrected chi connectivity index (χ4v) is 8.81. The SMILES string of the molecule is CC(NNC1=NCCN1)[C@H]1CC[C@]2(O)[C@@H]3CC[C@@H]4C[C@@H](O)CC[C@]4(C)[C@H]3CC[C@]12C. The van der Waals surface area contributed by atoms with E-state index in [1.165, 1.54) is 12.8 Å². The van der Waals surface area contributed by atoms with Crippen molar-refractivity contribution in [1.29, 1.82) is 0 Å². The van der Waals surface area contributed by atoms with E-state index in [2.05, 4.69) is 41.9 Å². The summed E-state index contributed by atoms with van der Waals surface area (Å²) in [7, 11) is 0. The number of hydrazine groups is 1. The Kier molecular flexibility index (Phi) is 5.15. The largest absolute Gasteiger partial charge is 0.393 e. The minimum atomic E-state index is -0.552. The van der Waals surface area contributed by atoms with Gasteiger partial charge in [0.25, 0.3) is 0 Å². The van der Waals surface area contributed by atoms with Gasteiger partial charge in [0.1, 0.15) is 0 Å². The number of aliphatic hydroxyl groups excluding tert-OH is 1. The zero-order valence-corrected chi connectivity index (χ0v) is 19.1. The molecular weight excluding hydrogens is 376 g/mol. The lowest BCUT2D eigenvalue weighted by Crippen LogP contribution is -2.63. The van der Waals surface area contributed by atoms with Gasteiger partial charge < -0.3 is 15.5 Å². The molecular formula is C24H42N4O2. The number of rotatable bonds is 3. The van der Waals surface area contributed by atoms with Crippen LogP contribution < -0.4 is 16.2 Å². The molecule has 4 fully saturated rings. The quantitative estimate of drug-likeness (QED) is 0.455. The van der Waals surface area contributed by atoms with Crippen LogP contribution in [-0.4, -0.2) is 47.0 Å². The van der Waals surface area contributed by atoms with Crippen LogP contribution in [-0.2, 0) is 0 Å². The minimum absolute atomic E-state index is 0.0371. The molecule has 0 spiro atoms. The topological polar surface area (TPSA) is 88.9 Å². The van der Waals surface area contributed by atoms with E-state index in [-0.39, 0.29) is 17.6 Å². The highest BCUT2D eigenvalue weighted by Crippen LogP contribution is 2.69. The second-order valence-corrected chi connectivity index (χ2v) is 11.7. The van der Waals surface area contributed by atoms with Gasteiger partial charge in [0.15, 0.2) is 0 Å². The maximum atomic E-state index is 12.3. The predicted octanol–water partition coefficient (Wildman–Crippen LogP) is 2.56. The molecule has 5 aliphatic rings. The number of aliphatic imine (C=N–C) groups is 1. The molecule has 1 heterocycles. The summed E-state index contributed by atoms with van der Waals surface area (Å²) in [6, 6.07) is 0.280. The number of hydrogen-bond acceptors (Lipinski definition) is 6. The number of hydrogen-bond donors (Lipinski definition) is 5. The van der Waals surface area contributed by atoms with Gasteiger partial charge in [-0.1, -0.05) is 13.8 Å². The van der Waals surface area contributed by atoms with E-state index in [0.29, 0.717) is 29.1 Å². The third kappa shape index (κ3) is 2.96. The maximum Gasteiger partial charge on any atom is 0.206 e. The Morgan fingerprint density at radius 1 is 1.07 bits per heavy atom. The lowest BCUT2D eigenvalue weighted by Gasteiger charge is -2.64. The summed E-state index contributed by atoms with van der Waals surface area (Å²) in [5.74, 6) is 2.96. The highest BCUT2D eigenvalue weighted by molar-refractivity contribution is 5.80. The molecule has 0 saturated heterocycles. The molecule has 0 bridgehead atoms. The first-order chi connectivity index (χ1) is 14.3. The van der Waals surface area contributed by atoms with Crippen molar-refractivity contribution in [3.8, 4) is 0 Å².